The van der Waals surface area contributed by atoms with E-state index >= 15 is 0 Å². The first-order chi connectivity index (χ1) is 9.20. The Balaban J connectivity index is 1.77. The van der Waals surface area contributed by atoms with Crippen LogP contribution in [0.1, 0.15) is 11.8 Å². The summed E-state index contributed by atoms with van der Waals surface area (Å²) in [6, 6.07) is 4.27. The van der Waals surface area contributed by atoms with E-state index in [2.05, 4.69) is 27.7 Å². The number of nitrogens with zero attached hydrogens (tertiary/aromatic N) is 2. The summed E-state index contributed by atoms with van der Waals surface area (Å²) >= 11 is 1.80. The first-order valence-electron chi connectivity index (χ1n) is 6.89. The number of piperazine rings is 1. The monoisotopic (exact) mass is 281 g/mol. The second kappa shape index (κ2) is 7.03. The van der Waals surface area contributed by atoms with Crippen molar-refractivity contribution in [2.24, 2.45) is 5.92 Å². The van der Waals surface area contributed by atoms with Crippen molar-refractivity contribution in [1.82, 2.24) is 15.1 Å². The van der Waals surface area contributed by atoms with Crippen molar-refractivity contribution in [3.63, 3.8) is 0 Å². The SMILES string of the molecule is CNCC(C)C(=O)N1CCN(Cc2cccs2)CC1. The molecule has 1 unspecified atom stereocenters. The molecule has 1 saturated heterocycles. The van der Waals surface area contributed by atoms with Gasteiger partial charge in [-0.2, -0.15) is 0 Å². The van der Waals surface area contributed by atoms with E-state index in [-0.39, 0.29) is 11.8 Å². The van der Waals surface area contributed by atoms with Crippen molar-refractivity contribution in [3.8, 4) is 0 Å². The molecule has 1 aromatic heterocycles. The third kappa shape index (κ3) is 4.03. The number of hydrogen-bond donors (Lipinski definition) is 1. The zero-order valence-electron chi connectivity index (χ0n) is 11.8. The van der Waals surface area contributed by atoms with Gasteiger partial charge in [0.25, 0.3) is 0 Å². The smallest absolute Gasteiger partial charge is 0.226 e. The third-order valence-corrected chi connectivity index (χ3v) is 4.44. The second-order valence-corrected chi connectivity index (χ2v) is 6.17. The normalized spacial score (nSPS) is 18.5. The average Bonchev–Trinajstić information content (AvgIpc) is 2.92. The summed E-state index contributed by atoms with van der Waals surface area (Å²) in [5.74, 6) is 0.360. The summed E-state index contributed by atoms with van der Waals surface area (Å²) in [6.07, 6.45) is 0. The number of hydrogen-bond acceptors (Lipinski definition) is 4. The van der Waals surface area contributed by atoms with E-state index < -0.39 is 0 Å². The molecule has 1 aliphatic heterocycles. The van der Waals surface area contributed by atoms with Crippen LogP contribution in [0.25, 0.3) is 0 Å². The van der Waals surface area contributed by atoms with Gasteiger partial charge in [0.2, 0.25) is 5.91 Å². The molecule has 1 aliphatic rings. The molecular weight excluding hydrogens is 258 g/mol. The first kappa shape index (κ1) is 14.5. The molecule has 1 aromatic rings. The van der Waals surface area contributed by atoms with Gasteiger partial charge >= 0.3 is 0 Å². The maximum atomic E-state index is 12.2. The molecule has 1 atom stereocenters. The molecule has 1 fully saturated rings. The Bertz CT molecular complexity index is 385. The van der Waals surface area contributed by atoms with Gasteiger partial charge in [-0.05, 0) is 18.5 Å². The topological polar surface area (TPSA) is 35.6 Å². The molecule has 0 spiro atoms. The van der Waals surface area contributed by atoms with Gasteiger partial charge in [-0.3, -0.25) is 9.69 Å². The van der Waals surface area contributed by atoms with Crippen LogP contribution in [0.2, 0.25) is 0 Å². The summed E-state index contributed by atoms with van der Waals surface area (Å²) < 4.78 is 0. The van der Waals surface area contributed by atoms with Gasteiger partial charge in [0, 0.05) is 50.1 Å². The van der Waals surface area contributed by atoms with Gasteiger partial charge in [-0.25, -0.2) is 0 Å². The molecular formula is C14H23N3OS. The fraction of sp³-hybridized carbons (Fsp3) is 0.643. The van der Waals surface area contributed by atoms with Crippen LogP contribution in [0, 0.1) is 5.92 Å². The number of nitrogens with one attached hydrogen (secondary N) is 1. The van der Waals surface area contributed by atoms with E-state index in [0.29, 0.717) is 0 Å². The van der Waals surface area contributed by atoms with E-state index in [1.807, 2.05) is 18.9 Å². The van der Waals surface area contributed by atoms with Crippen LogP contribution in [0.4, 0.5) is 0 Å². The minimum atomic E-state index is 0.0776. The minimum Gasteiger partial charge on any atom is -0.340 e. The van der Waals surface area contributed by atoms with Gasteiger partial charge in [-0.1, -0.05) is 13.0 Å². The fourth-order valence-electron chi connectivity index (χ4n) is 2.45. The van der Waals surface area contributed by atoms with Crippen LogP contribution >= 0.6 is 11.3 Å². The van der Waals surface area contributed by atoms with Crippen molar-refractivity contribution < 1.29 is 4.79 Å². The number of amides is 1. The Hall–Kier alpha value is -0.910. The Labute approximate surface area is 119 Å². The molecule has 0 saturated carbocycles. The Kier molecular flexibility index (Phi) is 5.36. The van der Waals surface area contributed by atoms with Crippen molar-refractivity contribution >= 4 is 17.2 Å². The van der Waals surface area contributed by atoms with E-state index in [1.54, 1.807) is 11.3 Å². The van der Waals surface area contributed by atoms with Gasteiger partial charge in [0.15, 0.2) is 0 Å². The van der Waals surface area contributed by atoms with E-state index in [0.717, 1.165) is 39.3 Å². The lowest BCUT2D eigenvalue weighted by atomic mass is 10.1. The molecule has 1 amide bonds. The molecule has 0 bridgehead atoms. The highest BCUT2D eigenvalue weighted by Crippen LogP contribution is 2.14. The van der Waals surface area contributed by atoms with Crippen molar-refractivity contribution in [3.05, 3.63) is 22.4 Å². The summed E-state index contributed by atoms with van der Waals surface area (Å²) in [5.41, 5.74) is 0. The predicted molar refractivity (Wildman–Crippen MR) is 79.3 cm³/mol. The lowest BCUT2D eigenvalue weighted by Gasteiger charge is -2.35. The molecule has 0 aliphatic carbocycles. The molecule has 1 N–H and O–H groups in total. The number of carbonyl (C=O) groups is 1. The van der Waals surface area contributed by atoms with Crippen LogP contribution in [0.15, 0.2) is 17.5 Å². The molecule has 4 nitrogen and oxygen atoms in total. The number of thiophene rings is 1. The van der Waals surface area contributed by atoms with Crippen molar-refractivity contribution in [1.29, 1.82) is 0 Å². The maximum Gasteiger partial charge on any atom is 0.226 e. The highest BCUT2D eigenvalue weighted by atomic mass is 32.1. The summed E-state index contributed by atoms with van der Waals surface area (Å²) in [7, 11) is 1.89. The van der Waals surface area contributed by atoms with Crippen molar-refractivity contribution in [2.45, 2.75) is 13.5 Å². The predicted octanol–water partition coefficient (Wildman–Crippen LogP) is 1.25. The molecule has 5 heteroatoms. The van der Waals surface area contributed by atoms with Gasteiger partial charge in [0.05, 0.1) is 0 Å². The first-order valence-corrected chi connectivity index (χ1v) is 7.77. The van der Waals surface area contributed by atoms with Gasteiger partial charge < -0.3 is 10.2 Å². The van der Waals surface area contributed by atoms with Crippen LogP contribution in [0.3, 0.4) is 0 Å². The standard InChI is InChI=1S/C14H23N3OS/c1-12(10-15-2)14(18)17-7-5-16(6-8-17)11-13-4-3-9-19-13/h3-4,9,12,15H,5-8,10-11H2,1-2H3. The summed E-state index contributed by atoms with van der Waals surface area (Å²) in [4.78, 5) is 18.0. The zero-order valence-corrected chi connectivity index (χ0v) is 12.6. The zero-order chi connectivity index (χ0) is 13.7. The van der Waals surface area contributed by atoms with Crippen molar-refractivity contribution in [2.75, 3.05) is 39.8 Å². The lowest BCUT2D eigenvalue weighted by Crippen LogP contribution is -2.50. The number of carbonyl (C=O) groups excluding carboxylic acids is 1. The van der Waals surface area contributed by atoms with Crippen LogP contribution in [0.5, 0.6) is 0 Å². The molecule has 2 rings (SSSR count). The van der Waals surface area contributed by atoms with Crippen LogP contribution in [-0.4, -0.2) is 55.5 Å². The Morgan fingerprint density at radius 1 is 1.42 bits per heavy atom. The Morgan fingerprint density at radius 3 is 2.74 bits per heavy atom. The van der Waals surface area contributed by atoms with E-state index in [1.165, 1.54) is 4.88 Å². The summed E-state index contributed by atoms with van der Waals surface area (Å²) in [5, 5.41) is 5.19. The third-order valence-electron chi connectivity index (χ3n) is 3.58. The van der Waals surface area contributed by atoms with E-state index in [9.17, 15) is 4.79 Å². The largest absolute Gasteiger partial charge is 0.340 e. The summed E-state index contributed by atoms with van der Waals surface area (Å²) in [6.45, 7) is 7.46. The maximum absolute atomic E-state index is 12.2. The highest BCUT2D eigenvalue weighted by molar-refractivity contribution is 7.09. The average molecular weight is 281 g/mol. The molecule has 0 aromatic carbocycles. The second-order valence-electron chi connectivity index (χ2n) is 5.14. The molecule has 19 heavy (non-hydrogen) atoms. The Morgan fingerprint density at radius 2 is 2.16 bits per heavy atom. The fourth-order valence-corrected chi connectivity index (χ4v) is 3.20. The van der Waals surface area contributed by atoms with Gasteiger partial charge in [-0.15, -0.1) is 11.3 Å². The molecule has 2 heterocycles. The number of rotatable bonds is 5. The van der Waals surface area contributed by atoms with E-state index in [4.69, 9.17) is 0 Å². The quantitative estimate of drug-likeness (QED) is 0.882. The highest BCUT2D eigenvalue weighted by Gasteiger charge is 2.24. The van der Waals surface area contributed by atoms with Crippen LogP contribution in [-0.2, 0) is 11.3 Å². The minimum absolute atomic E-state index is 0.0776. The molecule has 0 radical (unpaired) electrons. The van der Waals surface area contributed by atoms with Crippen LogP contribution < -0.4 is 5.32 Å². The molecule has 106 valence electrons. The van der Waals surface area contributed by atoms with Gasteiger partial charge in [0.1, 0.15) is 0 Å². The lowest BCUT2D eigenvalue weighted by molar-refractivity contribution is -0.136.